The van der Waals surface area contributed by atoms with E-state index in [0.29, 0.717) is 0 Å². The largest absolute Gasteiger partial charge is 0.452 e. The van der Waals surface area contributed by atoms with Crippen LogP contribution in [0.15, 0.2) is 35.7 Å². The summed E-state index contributed by atoms with van der Waals surface area (Å²) in [6.07, 6.45) is 7.64. The van der Waals surface area contributed by atoms with Crippen LogP contribution in [0, 0.1) is 0 Å². The highest BCUT2D eigenvalue weighted by Crippen LogP contribution is 1.72. The molecule has 2 aromatic rings. The molecule has 2 aromatic heterocycles. The maximum Gasteiger partial charge on any atom is 0.180 e. The van der Waals surface area contributed by atoms with Crippen molar-refractivity contribution < 1.29 is 4.42 Å². The van der Waals surface area contributed by atoms with E-state index in [9.17, 15) is 0 Å². The quantitative estimate of drug-likeness (QED) is 0.581. The molecule has 0 saturated carbocycles. The van der Waals surface area contributed by atoms with Gasteiger partial charge in [-0.15, -0.1) is 0 Å². The first-order valence-electron chi connectivity index (χ1n) is 2.62. The summed E-state index contributed by atoms with van der Waals surface area (Å²) in [7, 11) is 0. The molecular formula is C5H9N5O. The Balaban J connectivity index is 0.000000167. The highest BCUT2D eigenvalue weighted by atomic mass is 16.3. The number of aromatic nitrogens is 4. The third kappa shape index (κ3) is 4.79. The first-order chi connectivity index (χ1) is 5.00. The van der Waals surface area contributed by atoms with E-state index in [4.69, 9.17) is 0 Å². The third-order valence-electron chi connectivity index (χ3n) is 0.678. The van der Waals surface area contributed by atoms with E-state index >= 15 is 0 Å². The number of hydrogen-bond donors (Lipinski definition) is 2. The lowest BCUT2D eigenvalue weighted by atomic mass is 11.0. The molecule has 0 spiro atoms. The van der Waals surface area contributed by atoms with Crippen molar-refractivity contribution in [3.8, 4) is 0 Å². The predicted octanol–water partition coefficient (Wildman–Crippen LogP) is 0.641. The smallest absolute Gasteiger partial charge is 0.180 e. The van der Waals surface area contributed by atoms with Gasteiger partial charge in [0.15, 0.2) is 6.39 Å². The highest BCUT2D eigenvalue weighted by molar-refractivity contribution is 4.56. The molecule has 0 aliphatic carbocycles. The molecule has 0 aromatic carbocycles. The van der Waals surface area contributed by atoms with Gasteiger partial charge < -0.3 is 10.6 Å². The molecule has 2 rings (SSSR count). The molecule has 0 radical (unpaired) electrons. The van der Waals surface area contributed by atoms with Gasteiger partial charge in [0.2, 0.25) is 0 Å². The van der Waals surface area contributed by atoms with Gasteiger partial charge in [-0.1, -0.05) is 0 Å². The number of nitrogens with zero attached hydrogens (tertiary/aromatic N) is 3. The van der Waals surface area contributed by atoms with Crippen molar-refractivity contribution in [1.29, 1.82) is 0 Å². The van der Waals surface area contributed by atoms with Crippen molar-refractivity contribution in [3.05, 3.63) is 31.2 Å². The second-order valence-electron chi connectivity index (χ2n) is 1.33. The fourth-order valence-electron chi connectivity index (χ4n) is 0.342. The predicted molar refractivity (Wildman–Crippen MR) is 37.9 cm³/mol. The Hall–Kier alpha value is -1.69. The second kappa shape index (κ2) is 6.43. The molecule has 0 saturated heterocycles. The summed E-state index contributed by atoms with van der Waals surface area (Å²) in [6, 6.07) is 0. The van der Waals surface area contributed by atoms with Crippen molar-refractivity contribution in [2.45, 2.75) is 0 Å². The molecule has 0 fully saturated rings. The van der Waals surface area contributed by atoms with Gasteiger partial charge in [0, 0.05) is 0 Å². The Kier molecular flexibility index (Phi) is 5.44. The Morgan fingerprint density at radius 1 is 1.09 bits per heavy atom. The van der Waals surface area contributed by atoms with Crippen LogP contribution in [0.1, 0.15) is 0 Å². The molecule has 0 aliphatic rings. The lowest BCUT2D eigenvalue weighted by Gasteiger charge is -1.48. The minimum atomic E-state index is 0. The number of H-pyrrole nitrogens is 1. The standard InChI is InChI=1S/C3H3NO.C2H3N3.H3N/c1-2-5-3-4-1;1-2-4-5-3-1;/h1-3H;1-2H,(H,3,4,5);1H3. The van der Waals surface area contributed by atoms with Crippen LogP contribution >= 0.6 is 0 Å². The van der Waals surface area contributed by atoms with Gasteiger partial charge in [-0.3, -0.25) is 0 Å². The summed E-state index contributed by atoms with van der Waals surface area (Å²) in [5, 5.41) is 9.33. The number of rotatable bonds is 0. The van der Waals surface area contributed by atoms with Gasteiger partial charge in [0.05, 0.1) is 18.6 Å². The van der Waals surface area contributed by atoms with Gasteiger partial charge in [-0.05, 0) is 0 Å². The van der Waals surface area contributed by atoms with Crippen LogP contribution in [-0.2, 0) is 0 Å². The zero-order chi connectivity index (χ0) is 7.07. The van der Waals surface area contributed by atoms with Crippen LogP contribution in [0.2, 0.25) is 0 Å². The Morgan fingerprint density at radius 2 is 1.82 bits per heavy atom. The molecule has 2 heterocycles. The number of oxazole rings is 1. The van der Waals surface area contributed by atoms with Gasteiger partial charge in [-0.2, -0.15) is 15.4 Å². The summed E-state index contributed by atoms with van der Waals surface area (Å²) in [4.78, 5) is 3.56. The van der Waals surface area contributed by atoms with E-state index in [2.05, 4.69) is 24.8 Å². The average Bonchev–Trinajstić information content (AvgIpc) is 2.67. The summed E-state index contributed by atoms with van der Waals surface area (Å²) in [5.41, 5.74) is 0. The maximum absolute atomic E-state index is 4.47. The highest BCUT2D eigenvalue weighted by Gasteiger charge is 1.59. The summed E-state index contributed by atoms with van der Waals surface area (Å²) in [5.74, 6) is 0. The molecule has 0 amide bonds. The van der Waals surface area contributed by atoms with Gasteiger partial charge in [-0.25, -0.2) is 4.98 Å². The van der Waals surface area contributed by atoms with Crippen LogP contribution in [-0.4, -0.2) is 20.4 Å². The van der Waals surface area contributed by atoms with E-state index in [0.717, 1.165) is 0 Å². The van der Waals surface area contributed by atoms with Crippen LogP contribution in [0.5, 0.6) is 0 Å². The van der Waals surface area contributed by atoms with Crippen LogP contribution in [0.3, 0.4) is 0 Å². The Labute approximate surface area is 63.2 Å². The van der Waals surface area contributed by atoms with Crippen molar-refractivity contribution >= 4 is 0 Å². The lowest BCUT2D eigenvalue weighted by Crippen LogP contribution is -1.61. The van der Waals surface area contributed by atoms with Gasteiger partial charge in [0.1, 0.15) is 6.26 Å². The fourth-order valence-corrected chi connectivity index (χ4v) is 0.342. The number of aromatic amines is 1. The molecule has 0 bridgehead atoms. The van der Waals surface area contributed by atoms with Crippen LogP contribution in [0.4, 0.5) is 0 Å². The van der Waals surface area contributed by atoms with E-state index in [-0.39, 0.29) is 6.15 Å². The zero-order valence-corrected chi connectivity index (χ0v) is 5.84. The van der Waals surface area contributed by atoms with Crippen molar-refractivity contribution in [1.82, 2.24) is 26.5 Å². The molecule has 60 valence electrons. The Morgan fingerprint density at radius 3 is 2.00 bits per heavy atom. The molecule has 0 atom stereocenters. The molecule has 6 heteroatoms. The van der Waals surface area contributed by atoms with Gasteiger partial charge >= 0.3 is 0 Å². The monoisotopic (exact) mass is 155 g/mol. The summed E-state index contributed by atoms with van der Waals surface area (Å²) >= 11 is 0. The van der Waals surface area contributed by atoms with Crippen LogP contribution < -0.4 is 6.15 Å². The summed E-state index contributed by atoms with van der Waals surface area (Å²) in [6.45, 7) is 0. The van der Waals surface area contributed by atoms with Crippen LogP contribution in [0.25, 0.3) is 0 Å². The second-order valence-corrected chi connectivity index (χ2v) is 1.33. The molecule has 0 aliphatic heterocycles. The first-order valence-corrected chi connectivity index (χ1v) is 2.62. The Bertz CT molecular complexity index is 154. The zero-order valence-electron chi connectivity index (χ0n) is 5.84. The number of nitrogens with one attached hydrogen (secondary N) is 1. The normalized spacial score (nSPS) is 7.27. The summed E-state index contributed by atoms with van der Waals surface area (Å²) < 4.78 is 4.47. The number of hydrogen-bond acceptors (Lipinski definition) is 5. The van der Waals surface area contributed by atoms with E-state index < -0.39 is 0 Å². The van der Waals surface area contributed by atoms with Crippen molar-refractivity contribution in [3.63, 3.8) is 0 Å². The van der Waals surface area contributed by atoms with Gasteiger partial charge in [0.25, 0.3) is 0 Å². The minimum absolute atomic E-state index is 0. The molecule has 4 N–H and O–H groups in total. The topological polar surface area (TPSA) is 103 Å². The first kappa shape index (κ1) is 9.31. The van der Waals surface area contributed by atoms with E-state index in [1.165, 1.54) is 12.7 Å². The average molecular weight is 155 g/mol. The molecule has 0 unspecified atom stereocenters. The lowest BCUT2D eigenvalue weighted by molar-refractivity contribution is 0.558. The van der Waals surface area contributed by atoms with Crippen molar-refractivity contribution in [2.24, 2.45) is 0 Å². The SMILES string of the molecule is N.c1cn[nH]n1.c1cocn1. The third-order valence-corrected chi connectivity index (χ3v) is 0.678. The molecule has 6 nitrogen and oxygen atoms in total. The minimum Gasteiger partial charge on any atom is -0.452 e. The molecular weight excluding hydrogens is 146 g/mol. The van der Waals surface area contributed by atoms with E-state index in [1.807, 2.05) is 0 Å². The fraction of sp³-hybridized carbons (Fsp3) is 0. The molecule has 11 heavy (non-hydrogen) atoms. The maximum atomic E-state index is 4.47. The van der Waals surface area contributed by atoms with Crippen molar-refractivity contribution in [2.75, 3.05) is 0 Å². The van der Waals surface area contributed by atoms with E-state index in [1.54, 1.807) is 18.6 Å².